The molecule has 0 aliphatic heterocycles. The molecule has 0 saturated heterocycles. The third kappa shape index (κ3) is 2.96. The molecule has 0 aliphatic carbocycles. The summed E-state index contributed by atoms with van der Waals surface area (Å²) in [6.45, 7) is 1.57. The van der Waals surface area contributed by atoms with Crippen LogP contribution in [0.1, 0.15) is 34.6 Å². The van der Waals surface area contributed by atoms with Crippen LogP contribution in [0.5, 0.6) is 0 Å². The molecular formula is C15H13Cl2NO3. The van der Waals surface area contributed by atoms with Crippen LogP contribution in [0.2, 0.25) is 10.0 Å². The molecule has 0 bridgehead atoms. The second kappa shape index (κ2) is 5.92. The Morgan fingerprint density at radius 1 is 1.19 bits per heavy atom. The van der Waals surface area contributed by atoms with E-state index in [0.717, 1.165) is 0 Å². The third-order valence-electron chi connectivity index (χ3n) is 3.38. The van der Waals surface area contributed by atoms with Crippen molar-refractivity contribution in [2.75, 3.05) is 0 Å². The molecule has 2 aromatic rings. The molecule has 6 heteroatoms. The molecule has 1 N–H and O–H groups in total. The summed E-state index contributed by atoms with van der Waals surface area (Å²) in [5, 5.41) is 9.78. The molecule has 1 aromatic carbocycles. The highest BCUT2D eigenvalue weighted by Gasteiger charge is 2.22. The monoisotopic (exact) mass is 325 g/mol. The topological polar surface area (TPSA) is 59.3 Å². The van der Waals surface area contributed by atoms with E-state index in [1.165, 1.54) is 6.07 Å². The Hall–Kier alpha value is -1.78. The van der Waals surface area contributed by atoms with Crippen molar-refractivity contribution < 1.29 is 14.7 Å². The van der Waals surface area contributed by atoms with E-state index in [-0.39, 0.29) is 10.8 Å². The van der Waals surface area contributed by atoms with E-state index in [1.54, 1.807) is 42.8 Å². The molecule has 1 heterocycles. The Kier molecular flexibility index (Phi) is 4.40. The number of carbonyl (C=O) groups excluding carboxylic acids is 1. The van der Waals surface area contributed by atoms with E-state index in [1.807, 2.05) is 0 Å². The molecular weight excluding hydrogens is 313 g/mol. The van der Waals surface area contributed by atoms with Gasteiger partial charge in [-0.3, -0.25) is 9.59 Å². The first-order valence-corrected chi connectivity index (χ1v) is 6.96. The Balaban J connectivity index is 2.43. The molecule has 4 nitrogen and oxygen atoms in total. The predicted octanol–water partition coefficient (Wildman–Crippen LogP) is 3.75. The van der Waals surface area contributed by atoms with Gasteiger partial charge in [0.2, 0.25) is 5.78 Å². The van der Waals surface area contributed by atoms with Gasteiger partial charge in [-0.1, -0.05) is 23.2 Å². The zero-order valence-corrected chi connectivity index (χ0v) is 12.9. The fraction of sp³-hybridized carbons (Fsp3) is 0.200. The van der Waals surface area contributed by atoms with Gasteiger partial charge >= 0.3 is 5.97 Å². The summed E-state index contributed by atoms with van der Waals surface area (Å²) in [4.78, 5) is 23.6. The maximum Gasteiger partial charge on any atom is 0.312 e. The lowest BCUT2D eigenvalue weighted by atomic mass is 10.1. The number of ketones is 1. The number of aromatic nitrogens is 1. The largest absolute Gasteiger partial charge is 0.481 e. The van der Waals surface area contributed by atoms with Crippen molar-refractivity contribution in [3.05, 3.63) is 57.3 Å². The molecule has 1 unspecified atom stereocenters. The summed E-state index contributed by atoms with van der Waals surface area (Å²) in [5.74, 6) is -1.92. The van der Waals surface area contributed by atoms with Gasteiger partial charge in [-0.15, -0.1) is 0 Å². The summed E-state index contributed by atoms with van der Waals surface area (Å²) in [5.41, 5.74) is 1.26. The molecule has 0 fully saturated rings. The Morgan fingerprint density at radius 3 is 2.43 bits per heavy atom. The van der Waals surface area contributed by atoms with Crippen LogP contribution in [0.15, 0.2) is 30.3 Å². The van der Waals surface area contributed by atoms with Gasteiger partial charge in [-0.25, -0.2) is 0 Å². The molecule has 110 valence electrons. The third-order valence-corrected chi connectivity index (χ3v) is 3.93. The second-order valence-corrected chi connectivity index (χ2v) is 5.56. The number of benzene rings is 1. The number of hydrogen-bond acceptors (Lipinski definition) is 2. The van der Waals surface area contributed by atoms with Crippen LogP contribution in [0, 0.1) is 0 Å². The van der Waals surface area contributed by atoms with E-state index in [4.69, 9.17) is 28.3 Å². The van der Waals surface area contributed by atoms with Gasteiger partial charge in [0.25, 0.3) is 0 Å². The van der Waals surface area contributed by atoms with E-state index >= 15 is 0 Å². The lowest BCUT2D eigenvalue weighted by Gasteiger charge is -2.11. The number of hydrogen-bond donors (Lipinski definition) is 1. The maximum atomic E-state index is 12.5. The zero-order valence-electron chi connectivity index (χ0n) is 11.4. The average Bonchev–Trinajstić information content (AvgIpc) is 2.78. The number of carboxylic acids is 1. The summed E-state index contributed by atoms with van der Waals surface area (Å²) in [6, 6.07) is 7.88. The van der Waals surface area contributed by atoms with E-state index < -0.39 is 11.9 Å². The van der Waals surface area contributed by atoms with Crippen molar-refractivity contribution in [3.63, 3.8) is 0 Å². The molecule has 1 atom stereocenters. The summed E-state index contributed by atoms with van der Waals surface area (Å²) in [7, 11) is 1.66. The van der Waals surface area contributed by atoms with Gasteiger partial charge in [-0.2, -0.15) is 0 Å². The van der Waals surface area contributed by atoms with Gasteiger partial charge in [0, 0.05) is 23.3 Å². The lowest BCUT2D eigenvalue weighted by Crippen LogP contribution is -2.15. The number of aliphatic carboxylic acids is 1. The van der Waals surface area contributed by atoms with E-state index in [2.05, 4.69) is 0 Å². The van der Waals surface area contributed by atoms with Crippen LogP contribution >= 0.6 is 23.2 Å². The molecule has 0 radical (unpaired) electrons. The first kappa shape index (κ1) is 15.6. The van der Waals surface area contributed by atoms with Gasteiger partial charge in [0.1, 0.15) is 0 Å². The summed E-state index contributed by atoms with van der Waals surface area (Å²) >= 11 is 11.9. The fourth-order valence-corrected chi connectivity index (χ4v) is 2.62. The highest BCUT2D eigenvalue weighted by atomic mass is 35.5. The Morgan fingerprint density at radius 2 is 1.86 bits per heavy atom. The molecule has 1 aromatic heterocycles. The fourth-order valence-electron chi connectivity index (χ4n) is 2.13. The number of nitrogens with zero attached hydrogens (tertiary/aromatic N) is 1. The number of halogens is 2. The Bertz CT molecular complexity index is 722. The molecule has 0 aliphatic rings. The smallest absolute Gasteiger partial charge is 0.312 e. The van der Waals surface area contributed by atoms with Crippen molar-refractivity contribution in [1.82, 2.24) is 4.57 Å². The average molecular weight is 326 g/mol. The van der Waals surface area contributed by atoms with Gasteiger partial charge in [-0.05, 0) is 37.3 Å². The molecule has 0 saturated carbocycles. The van der Waals surface area contributed by atoms with Gasteiger partial charge in [0.15, 0.2) is 0 Å². The number of rotatable bonds is 4. The highest BCUT2D eigenvalue weighted by Crippen LogP contribution is 2.25. The van der Waals surface area contributed by atoms with Crippen LogP contribution in [-0.4, -0.2) is 21.4 Å². The van der Waals surface area contributed by atoms with Crippen LogP contribution in [0.3, 0.4) is 0 Å². The van der Waals surface area contributed by atoms with Crippen molar-refractivity contribution >= 4 is 35.0 Å². The van der Waals surface area contributed by atoms with Crippen molar-refractivity contribution in [2.45, 2.75) is 12.8 Å². The lowest BCUT2D eigenvalue weighted by molar-refractivity contribution is -0.138. The quantitative estimate of drug-likeness (QED) is 0.871. The van der Waals surface area contributed by atoms with Crippen molar-refractivity contribution in [2.24, 2.45) is 7.05 Å². The predicted molar refractivity (Wildman–Crippen MR) is 81.4 cm³/mol. The van der Waals surface area contributed by atoms with Crippen LogP contribution in [-0.2, 0) is 11.8 Å². The van der Waals surface area contributed by atoms with E-state index in [9.17, 15) is 9.59 Å². The van der Waals surface area contributed by atoms with Gasteiger partial charge in [0.05, 0.1) is 16.6 Å². The van der Waals surface area contributed by atoms with Crippen LogP contribution in [0.4, 0.5) is 0 Å². The SMILES string of the molecule is CC(C(=O)O)c1ccc(C(=O)c2ccc(Cl)cc2Cl)n1C. The molecule has 0 amide bonds. The minimum absolute atomic E-state index is 0.265. The van der Waals surface area contributed by atoms with Crippen molar-refractivity contribution in [3.8, 4) is 0 Å². The zero-order chi connectivity index (χ0) is 15.7. The molecule has 2 rings (SSSR count). The minimum Gasteiger partial charge on any atom is -0.481 e. The summed E-state index contributed by atoms with van der Waals surface area (Å²) < 4.78 is 1.58. The molecule has 0 spiro atoms. The standard InChI is InChI=1S/C15H13Cl2NO3/c1-8(15(20)21)12-5-6-13(18(12)2)14(19)10-4-3-9(16)7-11(10)17/h3-8H,1-2H3,(H,20,21). The number of carboxylic acid groups (broad SMARTS) is 1. The number of carbonyl (C=O) groups is 2. The first-order valence-electron chi connectivity index (χ1n) is 6.21. The highest BCUT2D eigenvalue weighted by molar-refractivity contribution is 6.37. The first-order chi connectivity index (χ1) is 9.82. The van der Waals surface area contributed by atoms with Crippen molar-refractivity contribution in [1.29, 1.82) is 0 Å². The van der Waals surface area contributed by atoms with Crippen LogP contribution < -0.4 is 0 Å². The Labute approximate surface area is 131 Å². The van der Waals surface area contributed by atoms with E-state index in [0.29, 0.717) is 22.0 Å². The second-order valence-electron chi connectivity index (χ2n) is 4.72. The minimum atomic E-state index is -0.945. The summed E-state index contributed by atoms with van der Waals surface area (Å²) in [6.07, 6.45) is 0. The molecule has 21 heavy (non-hydrogen) atoms. The van der Waals surface area contributed by atoms with Crippen LogP contribution in [0.25, 0.3) is 0 Å². The maximum absolute atomic E-state index is 12.5. The normalized spacial score (nSPS) is 12.2. The van der Waals surface area contributed by atoms with Gasteiger partial charge < -0.3 is 9.67 Å².